The number of aryl methyl sites for hydroxylation is 1. The number of aliphatic hydroxyl groups excluding tert-OH is 7. The van der Waals surface area contributed by atoms with E-state index in [1.807, 2.05) is 0 Å². The van der Waals surface area contributed by atoms with Crippen molar-refractivity contribution in [1.29, 1.82) is 0 Å². The highest BCUT2D eigenvalue weighted by atomic mass is 32.2. The van der Waals surface area contributed by atoms with Crippen LogP contribution in [-0.4, -0.2) is 209 Å². The van der Waals surface area contributed by atoms with E-state index in [0.717, 1.165) is 67.4 Å². The van der Waals surface area contributed by atoms with Gasteiger partial charge < -0.3 is 83.0 Å². The molecule has 16 atom stereocenters. The molecule has 15 N–H and O–H groups in total. The molecule has 1 aromatic heterocycles. The summed E-state index contributed by atoms with van der Waals surface area (Å²) in [6.07, 6.45) is -7.43. The Balaban J connectivity index is 1.53. The summed E-state index contributed by atoms with van der Waals surface area (Å²) in [6.45, 7) is 6.83. The van der Waals surface area contributed by atoms with Crippen LogP contribution in [0, 0.1) is 11.8 Å². The van der Waals surface area contributed by atoms with Crippen molar-refractivity contribution in [1.82, 2.24) is 56.6 Å². The lowest BCUT2D eigenvalue weighted by Crippen LogP contribution is -2.64. The van der Waals surface area contributed by atoms with Crippen molar-refractivity contribution >= 4 is 59.0 Å². The molecule has 0 aliphatic carbocycles. The zero-order valence-corrected chi connectivity index (χ0v) is 47.2. The lowest BCUT2D eigenvalue weighted by atomic mass is 9.91. The number of aromatic hydroxyl groups is 1. The van der Waals surface area contributed by atoms with Gasteiger partial charge in [0.05, 0.1) is 36.9 Å². The fourth-order valence-electron chi connectivity index (χ4n) is 10.3. The number of aliphatic hydroxyl groups is 7. The second-order valence-corrected chi connectivity index (χ2v) is 22.9. The van der Waals surface area contributed by atoms with Crippen molar-refractivity contribution in [3.05, 3.63) is 29.8 Å². The second-order valence-electron chi connectivity index (χ2n) is 21.8. The Labute approximate surface area is 473 Å². The SMILES string of the molecule is CCC(C)CC(C)CCCCCCCCC(=O)NC1C[C@@H](O)C(Sc2nnnn2C)NC(=O)[C@@H]2[C@@H](O)CCN2C(=O)C([C@H](O)CC(N)=O)NC(=O)[C@H]([C@H](O)[C@@H](O)c2ccc(O)cc2)NC(=O)C2C[C@@H](O)CN2C(=O)C([C@@H](C)O)NC1=O. The van der Waals surface area contributed by atoms with Crippen LogP contribution in [-0.2, 0) is 45.4 Å². The minimum atomic E-state index is -2.36. The first kappa shape index (κ1) is 65.7. The Hall–Kier alpha value is -6.08. The first-order valence-corrected chi connectivity index (χ1v) is 28.5. The minimum Gasteiger partial charge on any atom is -0.508 e. The molecule has 2 aromatic rings. The van der Waals surface area contributed by atoms with E-state index in [-0.39, 0.29) is 29.3 Å². The van der Waals surface area contributed by atoms with E-state index in [2.05, 4.69) is 62.9 Å². The van der Waals surface area contributed by atoms with Crippen LogP contribution in [0.3, 0.4) is 0 Å². The number of rotatable bonds is 22. The summed E-state index contributed by atoms with van der Waals surface area (Å²) in [5.74, 6) is -8.27. The number of tetrazole rings is 1. The summed E-state index contributed by atoms with van der Waals surface area (Å²) in [4.78, 5) is 115. The molecule has 28 nitrogen and oxygen atoms in total. The molecule has 81 heavy (non-hydrogen) atoms. The Morgan fingerprint density at radius 2 is 1.41 bits per heavy atom. The van der Waals surface area contributed by atoms with E-state index < -0.39 is 164 Å². The Morgan fingerprint density at radius 3 is 2.04 bits per heavy atom. The Morgan fingerprint density at radius 1 is 0.778 bits per heavy atom. The van der Waals surface area contributed by atoms with Crippen molar-refractivity contribution in [2.24, 2.45) is 24.6 Å². The summed E-state index contributed by atoms with van der Waals surface area (Å²) in [5, 5.41) is 112. The number of hydrogen-bond donors (Lipinski definition) is 14. The molecule has 0 saturated carbocycles. The van der Waals surface area contributed by atoms with Crippen LogP contribution in [0.2, 0.25) is 0 Å². The molecular weight excluding hydrogens is 1080 g/mol. The third-order valence-corrected chi connectivity index (χ3v) is 16.3. The maximum absolute atomic E-state index is 14.7. The number of unbranched alkanes of at least 4 members (excludes halogenated alkanes) is 5. The number of phenols is 1. The number of nitrogens with zero attached hydrogens (tertiary/aromatic N) is 6. The van der Waals surface area contributed by atoms with Gasteiger partial charge in [-0.15, -0.1) is 5.10 Å². The molecule has 7 unspecified atom stereocenters. The van der Waals surface area contributed by atoms with Gasteiger partial charge in [-0.25, -0.2) is 4.68 Å². The molecule has 5 rings (SSSR count). The third kappa shape index (κ3) is 18.5. The van der Waals surface area contributed by atoms with E-state index in [0.29, 0.717) is 36.4 Å². The molecule has 3 saturated heterocycles. The molecule has 452 valence electrons. The van der Waals surface area contributed by atoms with E-state index >= 15 is 0 Å². The van der Waals surface area contributed by atoms with Crippen LogP contribution in [0.15, 0.2) is 29.4 Å². The number of nitrogens with two attached hydrogens (primary N) is 1. The number of carbonyl (C=O) groups excluding carboxylic acids is 8. The molecule has 0 spiro atoms. The highest BCUT2D eigenvalue weighted by Crippen LogP contribution is 2.29. The summed E-state index contributed by atoms with van der Waals surface area (Å²) < 4.78 is 1.17. The van der Waals surface area contributed by atoms with Crippen LogP contribution in [0.5, 0.6) is 5.75 Å². The van der Waals surface area contributed by atoms with Crippen molar-refractivity contribution in [2.45, 2.75) is 207 Å². The number of fused-ring (bicyclic) bond motifs is 2. The number of amides is 8. The molecule has 0 bridgehead atoms. The van der Waals surface area contributed by atoms with Gasteiger partial charge in [0.15, 0.2) is 0 Å². The Kier molecular flexibility index (Phi) is 25.0. The Bertz CT molecular complexity index is 2460. The number of thioether (sulfide) groups is 1. The third-order valence-electron chi connectivity index (χ3n) is 15.1. The number of carbonyl (C=O) groups is 8. The fraction of sp³-hybridized carbons (Fsp3) is 0.712. The monoisotopic (exact) mass is 1160 g/mol. The van der Waals surface area contributed by atoms with Gasteiger partial charge in [-0.05, 0) is 66.1 Å². The largest absolute Gasteiger partial charge is 0.508 e. The van der Waals surface area contributed by atoms with Crippen LogP contribution in [0.4, 0.5) is 0 Å². The number of benzene rings is 1. The normalized spacial score (nSPS) is 27.8. The van der Waals surface area contributed by atoms with Crippen molar-refractivity contribution in [3.8, 4) is 5.75 Å². The molecule has 1 aromatic carbocycles. The van der Waals surface area contributed by atoms with Crippen molar-refractivity contribution < 1.29 is 79.2 Å². The van der Waals surface area contributed by atoms with Crippen LogP contribution >= 0.6 is 11.8 Å². The molecule has 0 radical (unpaired) electrons. The minimum absolute atomic E-state index is 0.00897. The van der Waals surface area contributed by atoms with Crippen LogP contribution < -0.4 is 32.3 Å². The van der Waals surface area contributed by atoms with E-state index in [1.54, 1.807) is 0 Å². The van der Waals surface area contributed by atoms with Gasteiger partial charge >= 0.3 is 0 Å². The zero-order chi connectivity index (χ0) is 59.8. The maximum atomic E-state index is 14.7. The smallest absolute Gasteiger partial charge is 0.248 e. The van der Waals surface area contributed by atoms with Crippen LogP contribution in [0.1, 0.15) is 129 Å². The quantitative estimate of drug-likeness (QED) is 0.0522. The first-order chi connectivity index (χ1) is 38.3. The number of aromatic nitrogens is 4. The first-order valence-electron chi connectivity index (χ1n) is 27.7. The number of hydrogen-bond acceptors (Lipinski definition) is 20. The average Bonchev–Trinajstić information content (AvgIpc) is 4.14. The second kappa shape index (κ2) is 30.8. The van der Waals surface area contributed by atoms with Gasteiger partial charge in [0.25, 0.3) is 0 Å². The van der Waals surface area contributed by atoms with Gasteiger partial charge in [-0.2, -0.15) is 0 Å². The summed E-state index contributed by atoms with van der Waals surface area (Å²) in [5.41, 5.74) is 5.29. The number of nitrogens with one attached hydrogen (secondary N) is 5. The lowest BCUT2D eigenvalue weighted by Gasteiger charge is -2.34. The maximum Gasteiger partial charge on any atom is 0.248 e. The predicted molar refractivity (Wildman–Crippen MR) is 288 cm³/mol. The highest BCUT2D eigenvalue weighted by Gasteiger charge is 2.49. The summed E-state index contributed by atoms with van der Waals surface area (Å²) in [7, 11) is 1.43. The number of phenolic OH excluding ortho intramolecular Hbond substituents is 1. The van der Waals surface area contributed by atoms with Gasteiger partial charge in [-0.1, -0.05) is 89.6 Å². The summed E-state index contributed by atoms with van der Waals surface area (Å²) in [6, 6.07) is -7.24. The molecule has 3 aliphatic heterocycles. The predicted octanol–water partition coefficient (Wildman–Crippen LogP) is -3.02. The fourth-order valence-corrected chi connectivity index (χ4v) is 11.3. The van der Waals surface area contributed by atoms with E-state index in [4.69, 9.17) is 5.73 Å². The average molecular weight is 1160 g/mol. The van der Waals surface area contributed by atoms with Gasteiger partial charge in [0, 0.05) is 39.4 Å². The molecule has 4 heterocycles. The van der Waals surface area contributed by atoms with Gasteiger partial charge in [0.1, 0.15) is 59.6 Å². The molecule has 29 heteroatoms. The molecule has 3 aliphatic rings. The van der Waals surface area contributed by atoms with Crippen LogP contribution in [0.25, 0.3) is 0 Å². The molecule has 3 fully saturated rings. The number of primary amides is 1. The van der Waals surface area contributed by atoms with E-state index in [1.165, 1.54) is 30.3 Å². The lowest BCUT2D eigenvalue weighted by molar-refractivity contribution is -0.148. The topological polar surface area (TPSA) is 435 Å². The van der Waals surface area contributed by atoms with Gasteiger partial charge in [0.2, 0.25) is 52.4 Å². The summed E-state index contributed by atoms with van der Waals surface area (Å²) >= 11 is 0.659. The highest BCUT2D eigenvalue weighted by molar-refractivity contribution is 7.99. The molecule has 8 amide bonds. The standard InChI is InChI=1S/C52H82N12O16S/c1-6-26(2)21-27(3)13-11-9-7-8-10-12-14-38(72)54-32-23-36(70)49(81-52-59-60-61-62(52)5)58-48(78)42-34(68)19-20-63(42)51(80)40(35(69)24-37(53)71)56-47(77)41(44(74)43(73)29-15-17-30(66)18-16-29)57-46(76)33-22-31(67)25-64(33)50(79)39(28(4)65)55-45(32)75/h15-18,26-28,31-36,39-44,49,65-70,73-74H,6-14,19-25H2,1-5H3,(H2,53,71)(H,54,72)(H,55,75)(H,56,77)(H,57,76)(H,58,78)/t26?,27?,28-,31-,32?,33?,34+,35-,36-,39?,40?,41+,42+,43+,44+,49?/m1/s1. The van der Waals surface area contributed by atoms with Gasteiger partial charge in [-0.3, -0.25) is 38.4 Å². The van der Waals surface area contributed by atoms with Crippen molar-refractivity contribution in [2.75, 3.05) is 13.1 Å². The van der Waals surface area contributed by atoms with Crippen molar-refractivity contribution in [3.63, 3.8) is 0 Å². The molecular formula is C52H82N12O16S. The van der Waals surface area contributed by atoms with E-state index in [9.17, 15) is 79.2 Å². The zero-order valence-electron chi connectivity index (χ0n) is 46.4.